The largest absolute Gasteiger partial charge is 0.247 e. The third kappa shape index (κ3) is 3.29. The van der Waals surface area contributed by atoms with E-state index in [-0.39, 0.29) is 4.21 Å². The van der Waals surface area contributed by atoms with Crippen molar-refractivity contribution in [2.75, 3.05) is 0 Å². The zero-order valence-corrected chi connectivity index (χ0v) is 11.2. The van der Waals surface area contributed by atoms with Gasteiger partial charge in [0.1, 0.15) is 4.21 Å². The van der Waals surface area contributed by atoms with Gasteiger partial charge >= 0.3 is 0 Å². The SMILES string of the molecule is NS(=O)(=O)c1sccc1CC=Cc1ccccc1. The molecule has 2 rings (SSSR count). The molecule has 2 N–H and O–H groups in total. The number of sulfonamides is 1. The van der Waals surface area contributed by atoms with Crippen LogP contribution < -0.4 is 5.14 Å². The van der Waals surface area contributed by atoms with Crippen molar-refractivity contribution < 1.29 is 8.42 Å². The van der Waals surface area contributed by atoms with Gasteiger partial charge in [0, 0.05) is 0 Å². The summed E-state index contributed by atoms with van der Waals surface area (Å²) in [5.41, 5.74) is 1.83. The maximum atomic E-state index is 11.3. The molecule has 0 aliphatic heterocycles. The Morgan fingerprint density at radius 1 is 1.17 bits per heavy atom. The van der Waals surface area contributed by atoms with Crippen LogP contribution in [-0.4, -0.2) is 8.42 Å². The van der Waals surface area contributed by atoms with Crippen molar-refractivity contribution in [1.82, 2.24) is 0 Å². The Bertz CT molecular complexity index is 643. The van der Waals surface area contributed by atoms with E-state index in [0.29, 0.717) is 6.42 Å². The lowest BCUT2D eigenvalue weighted by Gasteiger charge is -1.97. The average Bonchev–Trinajstić information content (AvgIpc) is 2.78. The predicted octanol–water partition coefficient (Wildman–Crippen LogP) is 2.65. The summed E-state index contributed by atoms with van der Waals surface area (Å²) in [6, 6.07) is 11.6. The molecule has 0 saturated carbocycles. The Hall–Kier alpha value is -1.43. The van der Waals surface area contributed by atoms with E-state index < -0.39 is 10.0 Å². The minimum atomic E-state index is -3.60. The summed E-state index contributed by atoms with van der Waals surface area (Å²) >= 11 is 1.16. The van der Waals surface area contributed by atoms with E-state index in [1.54, 1.807) is 11.4 Å². The van der Waals surface area contributed by atoms with Gasteiger partial charge in [-0.25, -0.2) is 13.6 Å². The first kappa shape index (κ1) is 13.0. The maximum absolute atomic E-state index is 11.3. The van der Waals surface area contributed by atoms with E-state index in [1.165, 1.54) is 0 Å². The minimum Gasteiger partial charge on any atom is -0.224 e. The molecular formula is C13H13NO2S2. The van der Waals surface area contributed by atoms with E-state index in [2.05, 4.69) is 0 Å². The van der Waals surface area contributed by atoms with Gasteiger partial charge in [-0.15, -0.1) is 11.3 Å². The van der Waals surface area contributed by atoms with Gasteiger partial charge in [0.15, 0.2) is 0 Å². The first-order valence-electron chi connectivity index (χ1n) is 5.38. The molecule has 0 spiro atoms. The Labute approximate surface area is 111 Å². The predicted molar refractivity (Wildman–Crippen MR) is 74.9 cm³/mol. The fourth-order valence-electron chi connectivity index (χ4n) is 1.61. The summed E-state index contributed by atoms with van der Waals surface area (Å²) in [5.74, 6) is 0. The Balaban J connectivity index is 2.12. The summed E-state index contributed by atoms with van der Waals surface area (Å²) in [6.07, 6.45) is 4.46. The molecule has 3 nitrogen and oxygen atoms in total. The number of allylic oxidation sites excluding steroid dienone is 1. The zero-order chi connectivity index (χ0) is 13.0. The van der Waals surface area contributed by atoms with E-state index in [4.69, 9.17) is 5.14 Å². The van der Waals surface area contributed by atoms with Gasteiger partial charge in [-0.05, 0) is 29.0 Å². The molecule has 5 heteroatoms. The summed E-state index contributed by atoms with van der Waals surface area (Å²) in [4.78, 5) is 0. The third-order valence-corrected chi connectivity index (χ3v) is 4.93. The fourth-order valence-corrected chi connectivity index (χ4v) is 3.49. The lowest BCUT2D eigenvalue weighted by molar-refractivity contribution is 0.599. The van der Waals surface area contributed by atoms with Gasteiger partial charge in [0.05, 0.1) is 0 Å². The average molecular weight is 279 g/mol. The second kappa shape index (κ2) is 5.48. The van der Waals surface area contributed by atoms with Gasteiger partial charge in [0.2, 0.25) is 10.0 Å². The van der Waals surface area contributed by atoms with Crippen LogP contribution in [0.5, 0.6) is 0 Å². The van der Waals surface area contributed by atoms with Crippen LogP contribution in [0.3, 0.4) is 0 Å². The number of nitrogens with two attached hydrogens (primary N) is 1. The van der Waals surface area contributed by atoms with Crippen molar-refractivity contribution >= 4 is 27.4 Å². The molecule has 0 bridgehead atoms. The lowest BCUT2D eigenvalue weighted by atomic mass is 10.1. The normalized spacial score (nSPS) is 12.1. The molecule has 0 aliphatic carbocycles. The molecular weight excluding hydrogens is 266 g/mol. The van der Waals surface area contributed by atoms with Crippen molar-refractivity contribution in [1.29, 1.82) is 0 Å². The van der Waals surface area contributed by atoms with Gasteiger partial charge < -0.3 is 0 Å². The van der Waals surface area contributed by atoms with Crippen LogP contribution in [0, 0.1) is 0 Å². The molecule has 0 aliphatic rings. The number of benzene rings is 1. The number of thiophene rings is 1. The highest BCUT2D eigenvalue weighted by Gasteiger charge is 2.14. The monoisotopic (exact) mass is 279 g/mol. The van der Waals surface area contributed by atoms with Crippen molar-refractivity contribution in [3.8, 4) is 0 Å². The molecule has 18 heavy (non-hydrogen) atoms. The Kier molecular flexibility index (Phi) is 3.96. The van der Waals surface area contributed by atoms with Crippen LogP contribution in [0.15, 0.2) is 52.1 Å². The van der Waals surface area contributed by atoms with E-state index in [1.807, 2.05) is 42.5 Å². The van der Waals surface area contributed by atoms with Gasteiger partial charge in [-0.3, -0.25) is 0 Å². The number of primary sulfonamides is 1. The molecule has 94 valence electrons. The number of hydrogen-bond acceptors (Lipinski definition) is 3. The van der Waals surface area contributed by atoms with Crippen LogP contribution in [0.4, 0.5) is 0 Å². The first-order valence-corrected chi connectivity index (χ1v) is 7.81. The van der Waals surface area contributed by atoms with Gasteiger partial charge in [-0.1, -0.05) is 42.5 Å². The highest BCUT2D eigenvalue weighted by molar-refractivity contribution is 7.91. The topological polar surface area (TPSA) is 60.2 Å². The molecule has 0 unspecified atom stereocenters. The molecule has 0 saturated heterocycles. The minimum absolute atomic E-state index is 0.250. The van der Waals surface area contributed by atoms with Crippen LogP contribution >= 0.6 is 11.3 Å². The smallest absolute Gasteiger partial charge is 0.224 e. The van der Waals surface area contributed by atoms with Crippen molar-refractivity contribution in [3.63, 3.8) is 0 Å². The van der Waals surface area contributed by atoms with Crippen LogP contribution in [0.2, 0.25) is 0 Å². The quantitative estimate of drug-likeness (QED) is 0.935. The van der Waals surface area contributed by atoms with Crippen LogP contribution in [0.1, 0.15) is 11.1 Å². The summed E-state index contributed by atoms with van der Waals surface area (Å²) < 4.78 is 22.9. The van der Waals surface area contributed by atoms with Crippen molar-refractivity contribution in [3.05, 3.63) is 59.0 Å². The van der Waals surface area contributed by atoms with E-state index in [0.717, 1.165) is 22.5 Å². The van der Waals surface area contributed by atoms with Crippen LogP contribution in [0.25, 0.3) is 6.08 Å². The Morgan fingerprint density at radius 2 is 1.89 bits per heavy atom. The molecule has 0 atom stereocenters. The van der Waals surface area contributed by atoms with Crippen molar-refractivity contribution in [2.24, 2.45) is 5.14 Å². The molecule has 0 radical (unpaired) electrons. The van der Waals surface area contributed by atoms with E-state index >= 15 is 0 Å². The molecule has 1 aromatic carbocycles. The van der Waals surface area contributed by atoms with Gasteiger partial charge in [-0.2, -0.15) is 0 Å². The molecule has 1 heterocycles. The van der Waals surface area contributed by atoms with Crippen molar-refractivity contribution in [2.45, 2.75) is 10.6 Å². The number of rotatable bonds is 4. The lowest BCUT2D eigenvalue weighted by Crippen LogP contribution is -2.12. The molecule has 0 fully saturated rings. The fraction of sp³-hybridized carbons (Fsp3) is 0.0769. The van der Waals surface area contributed by atoms with E-state index in [9.17, 15) is 8.42 Å². The zero-order valence-electron chi connectivity index (χ0n) is 9.61. The maximum Gasteiger partial charge on any atom is 0.247 e. The standard InChI is InChI=1S/C13H13NO2S2/c14-18(15,16)13-12(9-10-17-13)8-4-7-11-5-2-1-3-6-11/h1-7,9-10H,8H2,(H2,14,15,16). The number of hydrogen-bond donors (Lipinski definition) is 1. The Morgan fingerprint density at radius 3 is 2.56 bits per heavy atom. The molecule has 2 aromatic rings. The molecule has 0 amide bonds. The second-order valence-electron chi connectivity index (χ2n) is 3.80. The second-order valence-corrected chi connectivity index (χ2v) is 6.47. The third-order valence-electron chi connectivity index (χ3n) is 2.41. The first-order chi connectivity index (χ1) is 8.57. The van der Waals surface area contributed by atoms with Gasteiger partial charge in [0.25, 0.3) is 0 Å². The molecule has 1 aromatic heterocycles. The summed E-state index contributed by atoms with van der Waals surface area (Å²) in [6.45, 7) is 0. The summed E-state index contributed by atoms with van der Waals surface area (Å²) in [5, 5.41) is 6.88. The highest BCUT2D eigenvalue weighted by Crippen LogP contribution is 2.22. The summed E-state index contributed by atoms with van der Waals surface area (Å²) in [7, 11) is -3.60. The highest BCUT2D eigenvalue weighted by atomic mass is 32.2. The van der Waals surface area contributed by atoms with Crippen LogP contribution in [-0.2, 0) is 16.4 Å².